The molecule has 0 bridgehead atoms. The molecule has 2 saturated carbocycles. The smallest absolute Gasteiger partial charge is 0.327 e. The Hall–Kier alpha value is -1.60. The van der Waals surface area contributed by atoms with Crippen LogP contribution >= 0.6 is 0 Å². The lowest BCUT2D eigenvalue weighted by Crippen LogP contribution is -2.60. The van der Waals surface area contributed by atoms with Crippen LogP contribution in [-0.4, -0.2) is 43.5 Å². The van der Waals surface area contributed by atoms with Crippen molar-refractivity contribution in [2.75, 3.05) is 13.2 Å². The molecule has 1 heterocycles. The summed E-state index contributed by atoms with van der Waals surface area (Å²) in [5, 5.41) is 0. The second-order valence-electron chi connectivity index (χ2n) is 7.45. The first-order valence-electron chi connectivity index (χ1n) is 9.49. The van der Waals surface area contributed by atoms with Gasteiger partial charge < -0.3 is 9.47 Å². The first kappa shape index (κ1) is 17.8. The summed E-state index contributed by atoms with van der Waals surface area (Å²) in [5.41, 5.74) is -1.02. The van der Waals surface area contributed by atoms with E-state index in [-0.39, 0.29) is 24.2 Å². The van der Waals surface area contributed by atoms with E-state index < -0.39 is 21.5 Å². The molecule has 2 aliphatic carbocycles. The fraction of sp³-hybridized carbons (Fsp3) is 0.632. The van der Waals surface area contributed by atoms with E-state index >= 15 is 0 Å². The van der Waals surface area contributed by atoms with E-state index in [1.54, 1.807) is 24.3 Å². The Kier molecular flexibility index (Phi) is 4.69. The minimum atomic E-state index is -3.75. The Bertz CT molecular complexity index is 762. The van der Waals surface area contributed by atoms with E-state index in [1.807, 2.05) is 0 Å². The van der Waals surface area contributed by atoms with Crippen LogP contribution in [0.2, 0.25) is 0 Å². The van der Waals surface area contributed by atoms with Gasteiger partial charge in [-0.2, -0.15) is 4.31 Å². The van der Waals surface area contributed by atoms with Gasteiger partial charge >= 0.3 is 5.97 Å². The molecule has 4 rings (SSSR count). The third-order valence-electron chi connectivity index (χ3n) is 5.83. The predicted octanol–water partition coefficient (Wildman–Crippen LogP) is 2.87. The van der Waals surface area contributed by atoms with Gasteiger partial charge in [0, 0.05) is 6.54 Å². The Morgan fingerprint density at radius 1 is 1.04 bits per heavy atom. The van der Waals surface area contributed by atoms with Crippen molar-refractivity contribution in [2.45, 2.75) is 67.9 Å². The summed E-state index contributed by atoms with van der Waals surface area (Å²) < 4.78 is 39.0. The minimum Gasteiger partial charge on any atom is -0.490 e. The van der Waals surface area contributed by atoms with Crippen molar-refractivity contribution in [3.63, 3.8) is 0 Å². The van der Waals surface area contributed by atoms with Gasteiger partial charge in [-0.15, -0.1) is 0 Å². The molecule has 0 atom stereocenters. The van der Waals surface area contributed by atoms with Gasteiger partial charge in [0.1, 0.15) is 17.9 Å². The molecule has 26 heavy (non-hydrogen) atoms. The third-order valence-corrected chi connectivity index (χ3v) is 7.81. The molecule has 7 heteroatoms. The number of rotatable bonds is 4. The van der Waals surface area contributed by atoms with E-state index in [4.69, 9.17) is 9.47 Å². The highest BCUT2D eigenvalue weighted by Gasteiger charge is 2.54. The van der Waals surface area contributed by atoms with Crippen LogP contribution in [-0.2, 0) is 19.6 Å². The molecule has 1 aromatic carbocycles. The summed E-state index contributed by atoms with van der Waals surface area (Å²) in [6.07, 6.45) is 7.47. The molecule has 0 N–H and O–H groups in total. The minimum absolute atomic E-state index is 0.114. The topological polar surface area (TPSA) is 72.9 Å². The van der Waals surface area contributed by atoms with Crippen molar-refractivity contribution >= 4 is 16.0 Å². The lowest BCUT2D eigenvalue weighted by molar-refractivity contribution is -0.162. The Morgan fingerprint density at radius 3 is 2.35 bits per heavy atom. The Labute approximate surface area is 154 Å². The van der Waals surface area contributed by atoms with Crippen molar-refractivity contribution in [2.24, 2.45) is 0 Å². The zero-order valence-corrected chi connectivity index (χ0v) is 15.7. The van der Waals surface area contributed by atoms with Gasteiger partial charge in [0.05, 0.1) is 11.0 Å². The number of carbonyl (C=O) groups is 1. The molecule has 3 aliphatic rings. The number of esters is 1. The summed E-state index contributed by atoms with van der Waals surface area (Å²) in [4.78, 5) is 12.6. The Balaban J connectivity index is 1.58. The number of sulfonamides is 1. The zero-order valence-electron chi connectivity index (χ0n) is 14.9. The molecule has 3 fully saturated rings. The maximum absolute atomic E-state index is 13.2. The van der Waals surface area contributed by atoms with Gasteiger partial charge in [0.2, 0.25) is 10.0 Å². The van der Waals surface area contributed by atoms with Crippen LogP contribution in [0.5, 0.6) is 5.75 Å². The zero-order chi connectivity index (χ0) is 18.2. The third kappa shape index (κ3) is 3.01. The average molecular weight is 379 g/mol. The summed E-state index contributed by atoms with van der Waals surface area (Å²) in [6.45, 7) is 0.330. The van der Waals surface area contributed by atoms with Crippen LogP contribution in [0.4, 0.5) is 0 Å². The van der Waals surface area contributed by atoms with Crippen molar-refractivity contribution in [1.29, 1.82) is 0 Å². The predicted molar refractivity (Wildman–Crippen MR) is 95.4 cm³/mol. The van der Waals surface area contributed by atoms with Crippen molar-refractivity contribution in [1.82, 2.24) is 4.31 Å². The second kappa shape index (κ2) is 6.85. The SMILES string of the molecule is O=C1OCCN(S(=O)(=O)c2ccc(OC3CCCC3)cc2)C12CCCC2. The van der Waals surface area contributed by atoms with Crippen LogP contribution in [0, 0.1) is 0 Å². The van der Waals surface area contributed by atoms with Crippen LogP contribution in [0.3, 0.4) is 0 Å². The van der Waals surface area contributed by atoms with Gasteiger partial charge in [-0.1, -0.05) is 12.8 Å². The normalized spacial score (nSPS) is 24.1. The van der Waals surface area contributed by atoms with Crippen LogP contribution in [0.25, 0.3) is 0 Å². The molecule has 1 aromatic rings. The second-order valence-corrected chi connectivity index (χ2v) is 9.31. The fourth-order valence-electron chi connectivity index (χ4n) is 4.45. The lowest BCUT2D eigenvalue weighted by atomic mass is 9.97. The largest absolute Gasteiger partial charge is 0.490 e. The molecular formula is C19H25NO5S. The number of nitrogens with zero attached hydrogens (tertiary/aromatic N) is 1. The van der Waals surface area contributed by atoms with Crippen LogP contribution in [0.15, 0.2) is 29.2 Å². The van der Waals surface area contributed by atoms with E-state index in [0.29, 0.717) is 18.6 Å². The van der Waals surface area contributed by atoms with E-state index in [1.165, 1.54) is 17.1 Å². The standard InChI is InChI=1S/C19H25NO5S/c21-18-19(11-3-4-12-19)20(13-14-24-18)26(22,23)17-9-7-16(8-10-17)25-15-5-1-2-6-15/h7-10,15H,1-6,11-14H2. The first-order chi connectivity index (χ1) is 12.5. The van der Waals surface area contributed by atoms with Gasteiger partial charge in [0.25, 0.3) is 0 Å². The first-order valence-corrected chi connectivity index (χ1v) is 10.9. The average Bonchev–Trinajstić information content (AvgIpc) is 3.31. The van der Waals surface area contributed by atoms with E-state index in [9.17, 15) is 13.2 Å². The molecule has 1 aliphatic heterocycles. The summed E-state index contributed by atoms with van der Waals surface area (Å²) >= 11 is 0. The maximum Gasteiger partial charge on any atom is 0.327 e. The molecule has 6 nitrogen and oxygen atoms in total. The highest BCUT2D eigenvalue weighted by Crippen LogP contribution is 2.41. The highest BCUT2D eigenvalue weighted by atomic mass is 32.2. The summed E-state index contributed by atoms with van der Waals surface area (Å²) in [7, 11) is -3.75. The molecule has 1 spiro atoms. The summed E-state index contributed by atoms with van der Waals surface area (Å²) in [5.74, 6) is 0.301. The number of carbonyl (C=O) groups excluding carboxylic acids is 1. The number of morpholine rings is 1. The molecule has 0 unspecified atom stereocenters. The summed E-state index contributed by atoms with van der Waals surface area (Å²) in [6, 6.07) is 6.61. The molecule has 142 valence electrons. The van der Waals surface area contributed by atoms with Gasteiger partial charge in [0.15, 0.2) is 0 Å². The van der Waals surface area contributed by atoms with Crippen LogP contribution in [0.1, 0.15) is 51.4 Å². The molecule has 0 radical (unpaired) electrons. The van der Waals surface area contributed by atoms with Gasteiger partial charge in [-0.05, 0) is 62.8 Å². The molecule has 1 saturated heterocycles. The van der Waals surface area contributed by atoms with Crippen molar-refractivity contribution in [3.8, 4) is 5.75 Å². The van der Waals surface area contributed by atoms with E-state index in [2.05, 4.69) is 0 Å². The van der Waals surface area contributed by atoms with Gasteiger partial charge in [-0.3, -0.25) is 4.79 Å². The Morgan fingerprint density at radius 2 is 1.69 bits per heavy atom. The molecule has 0 amide bonds. The lowest BCUT2D eigenvalue weighted by Gasteiger charge is -2.41. The number of cyclic esters (lactones) is 1. The highest BCUT2D eigenvalue weighted by molar-refractivity contribution is 7.89. The fourth-order valence-corrected chi connectivity index (χ4v) is 6.22. The number of ether oxygens (including phenoxy) is 2. The molecular weight excluding hydrogens is 354 g/mol. The quantitative estimate of drug-likeness (QED) is 0.752. The van der Waals surface area contributed by atoms with E-state index in [0.717, 1.165) is 25.7 Å². The van der Waals surface area contributed by atoms with Crippen molar-refractivity contribution < 1.29 is 22.7 Å². The monoisotopic (exact) mass is 379 g/mol. The molecule has 0 aromatic heterocycles. The van der Waals surface area contributed by atoms with Crippen molar-refractivity contribution in [3.05, 3.63) is 24.3 Å². The van der Waals surface area contributed by atoms with Crippen LogP contribution < -0.4 is 4.74 Å². The van der Waals surface area contributed by atoms with Gasteiger partial charge in [-0.25, -0.2) is 8.42 Å². The number of benzene rings is 1. The number of hydrogen-bond donors (Lipinski definition) is 0. The number of hydrogen-bond acceptors (Lipinski definition) is 5. The maximum atomic E-state index is 13.2.